The van der Waals surface area contributed by atoms with Crippen LogP contribution in [0.5, 0.6) is 0 Å². The summed E-state index contributed by atoms with van der Waals surface area (Å²) >= 11 is 0. The van der Waals surface area contributed by atoms with Gasteiger partial charge in [0.1, 0.15) is 17.6 Å². The number of furan rings is 1. The number of amides is 2. The fourth-order valence-corrected chi connectivity index (χ4v) is 2.64. The maximum atomic E-state index is 12.4. The molecule has 1 aliphatic rings. The van der Waals surface area contributed by atoms with Gasteiger partial charge in [0.15, 0.2) is 0 Å². The van der Waals surface area contributed by atoms with Crippen LogP contribution in [0.25, 0.3) is 0 Å². The van der Waals surface area contributed by atoms with Gasteiger partial charge in [-0.05, 0) is 40.0 Å². The minimum atomic E-state index is -0.212. The summed E-state index contributed by atoms with van der Waals surface area (Å²) in [6, 6.07) is 3.95. The van der Waals surface area contributed by atoms with Gasteiger partial charge in [0.05, 0.1) is 12.1 Å². The summed E-state index contributed by atoms with van der Waals surface area (Å²) in [4.78, 5) is 16.1. The molecule has 2 rings (SSSR count). The largest absolute Gasteiger partial charge is 0.464 e. The van der Waals surface area contributed by atoms with E-state index in [-0.39, 0.29) is 17.6 Å². The van der Waals surface area contributed by atoms with Crippen molar-refractivity contribution < 1.29 is 9.21 Å². The van der Waals surface area contributed by atoms with E-state index in [1.165, 1.54) is 0 Å². The van der Waals surface area contributed by atoms with Gasteiger partial charge in [-0.25, -0.2) is 4.79 Å². The first-order chi connectivity index (χ1) is 8.86. The van der Waals surface area contributed by atoms with Gasteiger partial charge in [-0.1, -0.05) is 0 Å². The van der Waals surface area contributed by atoms with Gasteiger partial charge in [0.2, 0.25) is 0 Å². The van der Waals surface area contributed by atoms with Gasteiger partial charge in [0, 0.05) is 13.6 Å². The Bertz CT molecular complexity index is 467. The van der Waals surface area contributed by atoms with Gasteiger partial charge in [-0.2, -0.15) is 0 Å². The maximum absolute atomic E-state index is 12.4. The molecule has 2 heterocycles. The van der Waals surface area contributed by atoms with E-state index in [2.05, 4.69) is 19.2 Å². The zero-order valence-electron chi connectivity index (χ0n) is 12.4. The van der Waals surface area contributed by atoms with E-state index < -0.39 is 0 Å². The number of nitrogens with zero attached hydrogens (tertiary/aromatic N) is 2. The number of nitrogens with one attached hydrogen (secondary N) is 1. The minimum Gasteiger partial charge on any atom is -0.464 e. The van der Waals surface area contributed by atoms with E-state index in [0.717, 1.165) is 18.1 Å². The maximum Gasteiger partial charge on any atom is 0.321 e. The van der Waals surface area contributed by atoms with Crippen LogP contribution in [0.15, 0.2) is 16.5 Å². The van der Waals surface area contributed by atoms with Crippen molar-refractivity contribution in [2.45, 2.75) is 32.4 Å². The molecule has 5 nitrogen and oxygen atoms in total. The van der Waals surface area contributed by atoms with E-state index >= 15 is 0 Å². The molecule has 1 aromatic heterocycles. The number of urea groups is 1. The molecule has 5 heteroatoms. The van der Waals surface area contributed by atoms with Crippen molar-refractivity contribution in [3.63, 3.8) is 0 Å². The molecule has 0 saturated carbocycles. The average molecular weight is 265 g/mol. The predicted molar refractivity (Wildman–Crippen MR) is 74.1 cm³/mol. The van der Waals surface area contributed by atoms with Crippen LogP contribution in [0.3, 0.4) is 0 Å². The molecule has 1 saturated heterocycles. The Kier molecular flexibility index (Phi) is 3.58. The highest BCUT2D eigenvalue weighted by Crippen LogP contribution is 2.33. The first-order valence-corrected chi connectivity index (χ1v) is 6.62. The Labute approximate surface area is 114 Å². The lowest BCUT2D eigenvalue weighted by atomic mass is 10.0. The molecule has 1 aromatic rings. The van der Waals surface area contributed by atoms with Gasteiger partial charge < -0.3 is 19.5 Å². The lowest BCUT2D eigenvalue weighted by Gasteiger charge is -2.34. The van der Waals surface area contributed by atoms with Gasteiger partial charge in [-0.15, -0.1) is 0 Å². The van der Waals surface area contributed by atoms with Crippen LogP contribution in [0.2, 0.25) is 0 Å². The lowest BCUT2D eigenvalue weighted by molar-refractivity contribution is 0.149. The Morgan fingerprint density at radius 1 is 1.47 bits per heavy atom. The molecule has 0 aromatic carbocycles. The first kappa shape index (κ1) is 13.9. The van der Waals surface area contributed by atoms with E-state index in [0.29, 0.717) is 6.54 Å². The smallest absolute Gasteiger partial charge is 0.321 e. The second kappa shape index (κ2) is 4.89. The van der Waals surface area contributed by atoms with Crippen LogP contribution >= 0.6 is 0 Å². The van der Waals surface area contributed by atoms with E-state index in [1.807, 2.05) is 38.1 Å². The van der Waals surface area contributed by atoms with Crippen molar-refractivity contribution in [2.75, 3.05) is 27.2 Å². The number of hydrogen-bond donors (Lipinski definition) is 1. The van der Waals surface area contributed by atoms with E-state index in [4.69, 9.17) is 4.42 Å². The molecule has 0 bridgehead atoms. The molecule has 0 radical (unpaired) electrons. The Morgan fingerprint density at radius 3 is 2.68 bits per heavy atom. The van der Waals surface area contributed by atoms with Crippen molar-refractivity contribution in [2.24, 2.45) is 0 Å². The number of likely N-dealkylation sites (N-methyl/N-ethyl adjacent to an activating group) is 2. The van der Waals surface area contributed by atoms with Crippen molar-refractivity contribution in [1.82, 2.24) is 15.1 Å². The third kappa shape index (κ3) is 2.47. The second-order valence-electron chi connectivity index (χ2n) is 5.81. The average Bonchev–Trinajstić information content (AvgIpc) is 2.86. The second-order valence-corrected chi connectivity index (χ2v) is 5.81. The summed E-state index contributed by atoms with van der Waals surface area (Å²) in [5.41, 5.74) is -0.212. The molecule has 1 aliphatic heterocycles. The fourth-order valence-electron chi connectivity index (χ4n) is 2.64. The highest BCUT2D eigenvalue weighted by atomic mass is 16.3. The molecule has 1 atom stereocenters. The third-order valence-electron chi connectivity index (χ3n) is 3.79. The predicted octanol–water partition coefficient (Wildman–Crippen LogP) is 1.99. The zero-order valence-corrected chi connectivity index (χ0v) is 12.4. The summed E-state index contributed by atoms with van der Waals surface area (Å²) in [6.45, 7) is 7.49. The van der Waals surface area contributed by atoms with Crippen molar-refractivity contribution >= 4 is 6.03 Å². The van der Waals surface area contributed by atoms with Crippen LogP contribution in [-0.2, 0) is 0 Å². The molecule has 0 aliphatic carbocycles. The van der Waals surface area contributed by atoms with Crippen molar-refractivity contribution in [3.05, 3.63) is 23.7 Å². The van der Waals surface area contributed by atoms with E-state index in [9.17, 15) is 4.79 Å². The monoisotopic (exact) mass is 265 g/mol. The number of rotatable bonds is 4. The normalized spacial score (nSPS) is 20.5. The van der Waals surface area contributed by atoms with Crippen LogP contribution in [0.4, 0.5) is 4.79 Å². The van der Waals surface area contributed by atoms with Gasteiger partial charge in [-0.3, -0.25) is 0 Å². The standard InChI is InChI=1S/C14H23N3O2/c1-10-6-7-12(19-10)11-8-17(13(18)16(11)5)14(2,3)9-15-4/h6-7,11,15H,8-9H2,1-5H3. The zero-order chi connectivity index (χ0) is 14.2. The third-order valence-corrected chi connectivity index (χ3v) is 3.79. The number of carbonyl (C=O) groups is 1. The van der Waals surface area contributed by atoms with Gasteiger partial charge >= 0.3 is 6.03 Å². The minimum absolute atomic E-state index is 0.00247. The topological polar surface area (TPSA) is 48.7 Å². The molecular formula is C14H23N3O2. The highest BCUT2D eigenvalue weighted by molar-refractivity contribution is 5.78. The highest BCUT2D eigenvalue weighted by Gasteiger charge is 2.43. The first-order valence-electron chi connectivity index (χ1n) is 6.62. The summed E-state index contributed by atoms with van der Waals surface area (Å²) in [5.74, 6) is 1.74. The summed E-state index contributed by atoms with van der Waals surface area (Å²) < 4.78 is 5.67. The number of aryl methyl sites for hydroxylation is 1. The molecule has 2 amide bonds. The molecular weight excluding hydrogens is 242 g/mol. The van der Waals surface area contributed by atoms with Crippen LogP contribution in [0.1, 0.15) is 31.4 Å². The van der Waals surface area contributed by atoms with Crippen LogP contribution in [0, 0.1) is 6.92 Å². The van der Waals surface area contributed by atoms with Gasteiger partial charge in [0.25, 0.3) is 0 Å². The molecule has 1 N–H and O–H groups in total. The molecule has 19 heavy (non-hydrogen) atoms. The SMILES string of the molecule is CNCC(C)(C)N1CC(c2ccc(C)o2)N(C)C1=O. The summed E-state index contributed by atoms with van der Waals surface area (Å²) in [7, 11) is 3.74. The summed E-state index contributed by atoms with van der Waals surface area (Å²) in [6.07, 6.45) is 0. The molecule has 0 spiro atoms. The molecule has 1 unspecified atom stereocenters. The number of carbonyl (C=O) groups excluding carboxylic acids is 1. The molecule has 106 valence electrons. The molecule has 1 fully saturated rings. The number of hydrogen-bond acceptors (Lipinski definition) is 3. The van der Waals surface area contributed by atoms with Crippen molar-refractivity contribution in [1.29, 1.82) is 0 Å². The summed E-state index contributed by atoms with van der Waals surface area (Å²) in [5, 5.41) is 3.14. The Balaban J connectivity index is 2.21. The van der Waals surface area contributed by atoms with Crippen LogP contribution in [-0.4, -0.2) is 48.6 Å². The van der Waals surface area contributed by atoms with Crippen LogP contribution < -0.4 is 5.32 Å². The van der Waals surface area contributed by atoms with E-state index in [1.54, 1.807) is 4.90 Å². The Hall–Kier alpha value is -1.49. The Morgan fingerprint density at radius 2 is 2.16 bits per heavy atom. The fraction of sp³-hybridized carbons (Fsp3) is 0.643. The quantitative estimate of drug-likeness (QED) is 0.905. The van der Waals surface area contributed by atoms with Crippen molar-refractivity contribution in [3.8, 4) is 0 Å². The lowest BCUT2D eigenvalue weighted by Crippen LogP contribution is -2.51.